The highest BCUT2D eigenvalue weighted by atomic mass is 16.1. The van der Waals surface area contributed by atoms with Gasteiger partial charge in [-0.1, -0.05) is 27.2 Å². The molecule has 0 bridgehead atoms. The summed E-state index contributed by atoms with van der Waals surface area (Å²) in [5.41, 5.74) is 0. The van der Waals surface area contributed by atoms with Crippen LogP contribution in [0, 0.1) is 0 Å². The van der Waals surface area contributed by atoms with E-state index in [1.165, 1.54) is 0 Å². The zero-order chi connectivity index (χ0) is 10.8. The molecule has 0 radical (unpaired) electrons. The SMILES string of the molecule is CCCCNC(=O)CNC(CC)CC. The van der Waals surface area contributed by atoms with E-state index in [2.05, 4.69) is 31.4 Å². The van der Waals surface area contributed by atoms with Crippen LogP contribution in [0.5, 0.6) is 0 Å². The minimum absolute atomic E-state index is 0.116. The number of carbonyl (C=O) groups is 1. The maximum absolute atomic E-state index is 11.3. The molecule has 0 saturated carbocycles. The van der Waals surface area contributed by atoms with Gasteiger partial charge >= 0.3 is 0 Å². The Morgan fingerprint density at radius 3 is 2.36 bits per heavy atom. The Morgan fingerprint density at radius 2 is 1.86 bits per heavy atom. The molecule has 3 nitrogen and oxygen atoms in total. The molecule has 2 N–H and O–H groups in total. The van der Waals surface area contributed by atoms with Gasteiger partial charge in [0, 0.05) is 12.6 Å². The number of amides is 1. The number of hydrogen-bond acceptors (Lipinski definition) is 2. The normalized spacial score (nSPS) is 10.6. The fraction of sp³-hybridized carbons (Fsp3) is 0.909. The second-order valence-electron chi connectivity index (χ2n) is 3.60. The highest BCUT2D eigenvalue weighted by molar-refractivity contribution is 5.77. The third-order valence-corrected chi connectivity index (χ3v) is 2.39. The van der Waals surface area contributed by atoms with E-state index in [0.717, 1.165) is 32.2 Å². The maximum Gasteiger partial charge on any atom is 0.233 e. The molecule has 0 aliphatic carbocycles. The van der Waals surface area contributed by atoms with Crippen LogP contribution in [0.3, 0.4) is 0 Å². The lowest BCUT2D eigenvalue weighted by Crippen LogP contribution is -2.39. The monoisotopic (exact) mass is 200 g/mol. The molecule has 0 aliphatic heterocycles. The van der Waals surface area contributed by atoms with Gasteiger partial charge < -0.3 is 10.6 Å². The molecular formula is C11H24N2O. The van der Waals surface area contributed by atoms with Crippen molar-refractivity contribution in [3.63, 3.8) is 0 Å². The van der Waals surface area contributed by atoms with E-state index in [0.29, 0.717) is 12.6 Å². The van der Waals surface area contributed by atoms with E-state index in [1.54, 1.807) is 0 Å². The van der Waals surface area contributed by atoms with Crippen molar-refractivity contribution in [2.75, 3.05) is 13.1 Å². The predicted molar refractivity (Wildman–Crippen MR) is 60.3 cm³/mol. The summed E-state index contributed by atoms with van der Waals surface area (Å²) in [4.78, 5) is 11.3. The van der Waals surface area contributed by atoms with Crippen LogP contribution < -0.4 is 10.6 Å². The van der Waals surface area contributed by atoms with Crippen molar-refractivity contribution >= 4 is 5.91 Å². The summed E-state index contributed by atoms with van der Waals surface area (Å²) >= 11 is 0. The van der Waals surface area contributed by atoms with Crippen molar-refractivity contribution in [3.05, 3.63) is 0 Å². The predicted octanol–water partition coefficient (Wildman–Crippen LogP) is 1.68. The molecule has 0 fully saturated rings. The van der Waals surface area contributed by atoms with Crippen LogP contribution in [-0.4, -0.2) is 25.0 Å². The Bertz CT molecular complexity index is 144. The molecule has 1 amide bonds. The summed E-state index contributed by atoms with van der Waals surface area (Å²) in [6.07, 6.45) is 4.36. The van der Waals surface area contributed by atoms with Crippen LogP contribution in [0.2, 0.25) is 0 Å². The minimum Gasteiger partial charge on any atom is -0.355 e. The van der Waals surface area contributed by atoms with Crippen LogP contribution in [0.4, 0.5) is 0 Å². The molecule has 3 heteroatoms. The summed E-state index contributed by atoms with van der Waals surface area (Å²) < 4.78 is 0. The molecule has 0 rings (SSSR count). The van der Waals surface area contributed by atoms with Gasteiger partial charge in [-0.25, -0.2) is 0 Å². The fourth-order valence-electron chi connectivity index (χ4n) is 1.28. The first-order valence-electron chi connectivity index (χ1n) is 5.74. The second-order valence-corrected chi connectivity index (χ2v) is 3.60. The lowest BCUT2D eigenvalue weighted by molar-refractivity contribution is -0.120. The third kappa shape index (κ3) is 6.89. The van der Waals surface area contributed by atoms with E-state index in [4.69, 9.17) is 0 Å². The highest BCUT2D eigenvalue weighted by Crippen LogP contribution is 1.94. The molecule has 0 aromatic rings. The van der Waals surface area contributed by atoms with Gasteiger partial charge in [0.05, 0.1) is 6.54 Å². The van der Waals surface area contributed by atoms with Crippen molar-refractivity contribution in [2.24, 2.45) is 0 Å². The summed E-state index contributed by atoms with van der Waals surface area (Å²) in [6.45, 7) is 7.65. The van der Waals surface area contributed by atoms with Gasteiger partial charge in [-0.15, -0.1) is 0 Å². The van der Waals surface area contributed by atoms with Gasteiger partial charge in [-0.3, -0.25) is 4.79 Å². The van der Waals surface area contributed by atoms with Crippen LogP contribution in [0.25, 0.3) is 0 Å². The van der Waals surface area contributed by atoms with E-state index < -0.39 is 0 Å². The van der Waals surface area contributed by atoms with Crippen LogP contribution in [0.15, 0.2) is 0 Å². The van der Waals surface area contributed by atoms with Crippen molar-refractivity contribution < 1.29 is 4.79 Å². The average molecular weight is 200 g/mol. The maximum atomic E-state index is 11.3. The minimum atomic E-state index is 0.116. The molecule has 0 atom stereocenters. The fourth-order valence-corrected chi connectivity index (χ4v) is 1.28. The zero-order valence-electron chi connectivity index (χ0n) is 9.73. The first-order chi connectivity index (χ1) is 6.74. The molecule has 0 heterocycles. The zero-order valence-corrected chi connectivity index (χ0v) is 9.73. The molecule has 0 aromatic carbocycles. The van der Waals surface area contributed by atoms with Crippen molar-refractivity contribution in [1.29, 1.82) is 0 Å². The summed E-state index contributed by atoms with van der Waals surface area (Å²) in [5.74, 6) is 0.116. The van der Waals surface area contributed by atoms with Crippen molar-refractivity contribution in [2.45, 2.75) is 52.5 Å². The van der Waals surface area contributed by atoms with E-state index in [-0.39, 0.29) is 5.91 Å². The molecule has 0 spiro atoms. The second kappa shape index (κ2) is 9.00. The topological polar surface area (TPSA) is 41.1 Å². The molecule has 0 aromatic heterocycles. The van der Waals surface area contributed by atoms with Gasteiger partial charge in [0.2, 0.25) is 5.91 Å². The molecule has 0 aliphatic rings. The molecule has 0 saturated heterocycles. The average Bonchev–Trinajstić information content (AvgIpc) is 2.20. The van der Waals surface area contributed by atoms with Gasteiger partial charge in [0.1, 0.15) is 0 Å². The Labute approximate surface area is 87.6 Å². The Kier molecular flexibility index (Phi) is 8.64. The Balaban J connectivity index is 3.42. The van der Waals surface area contributed by atoms with Crippen LogP contribution >= 0.6 is 0 Å². The summed E-state index contributed by atoms with van der Waals surface area (Å²) in [7, 11) is 0. The third-order valence-electron chi connectivity index (χ3n) is 2.39. The van der Waals surface area contributed by atoms with Crippen LogP contribution in [0.1, 0.15) is 46.5 Å². The number of rotatable bonds is 8. The van der Waals surface area contributed by atoms with Gasteiger partial charge in [0.25, 0.3) is 0 Å². The van der Waals surface area contributed by atoms with Gasteiger partial charge in [-0.05, 0) is 19.3 Å². The Hall–Kier alpha value is -0.570. The Morgan fingerprint density at radius 1 is 1.21 bits per heavy atom. The first kappa shape index (κ1) is 13.4. The van der Waals surface area contributed by atoms with E-state index in [1.807, 2.05) is 0 Å². The van der Waals surface area contributed by atoms with E-state index >= 15 is 0 Å². The van der Waals surface area contributed by atoms with Crippen LogP contribution in [-0.2, 0) is 4.79 Å². The van der Waals surface area contributed by atoms with Gasteiger partial charge in [-0.2, -0.15) is 0 Å². The number of hydrogen-bond donors (Lipinski definition) is 2. The lowest BCUT2D eigenvalue weighted by Gasteiger charge is -2.14. The van der Waals surface area contributed by atoms with Gasteiger partial charge in [0.15, 0.2) is 0 Å². The summed E-state index contributed by atoms with van der Waals surface area (Å²) in [6, 6.07) is 0.479. The highest BCUT2D eigenvalue weighted by Gasteiger charge is 2.04. The molecular weight excluding hydrogens is 176 g/mol. The summed E-state index contributed by atoms with van der Waals surface area (Å²) in [5, 5.41) is 6.12. The molecule has 14 heavy (non-hydrogen) atoms. The number of carbonyl (C=O) groups excluding carboxylic acids is 1. The lowest BCUT2D eigenvalue weighted by atomic mass is 10.2. The largest absolute Gasteiger partial charge is 0.355 e. The smallest absolute Gasteiger partial charge is 0.233 e. The first-order valence-corrected chi connectivity index (χ1v) is 5.74. The number of nitrogens with one attached hydrogen (secondary N) is 2. The number of unbranched alkanes of at least 4 members (excludes halogenated alkanes) is 1. The molecule has 0 unspecified atom stereocenters. The molecule has 84 valence electrons. The van der Waals surface area contributed by atoms with Crippen molar-refractivity contribution in [1.82, 2.24) is 10.6 Å². The van der Waals surface area contributed by atoms with Crippen molar-refractivity contribution in [3.8, 4) is 0 Å². The quantitative estimate of drug-likeness (QED) is 0.585. The van der Waals surface area contributed by atoms with E-state index in [9.17, 15) is 4.79 Å². The standard InChI is InChI=1S/C11H24N2O/c1-4-7-8-12-11(14)9-13-10(5-2)6-3/h10,13H,4-9H2,1-3H3,(H,12,14).